The largest absolute Gasteiger partial charge is 0.496 e. The average Bonchev–Trinajstić information content (AvgIpc) is 3.19. The van der Waals surface area contributed by atoms with Gasteiger partial charge in [-0.05, 0) is 49.8 Å². The summed E-state index contributed by atoms with van der Waals surface area (Å²) < 4.78 is 38.2. The summed E-state index contributed by atoms with van der Waals surface area (Å²) in [5.74, 6) is 0.532. The third kappa shape index (κ3) is 4.62. The van der Waals surface area contributed by atoms with Gasteiger partial charge >= 0.3 is 0 Å². The molecular formula is C19H28N2O5S. The van der Waals surface area contributed by atoms with E-state index in [1.807, 2.05) is 0 Å². The standard InChI is InChI=1S/C19H28N2O5S/c1-14-7-9-21(10-8-14)27(23,24)16-5-6-18(25-2)17(12-16)19(22)20-13-15-4-3-11-26-15/h5-6,12,14-15H,3-4,7-11,13H2,1-2H3,(H,20,22)/t15-/m1/s1. The molecule has 150 valence electrons. The minimum atomic E-state index is -3.62. The fraction of sp³-hybridized carbons (Fsp3) is 0.632. The summed E-state index contributed by atoms with van der Waals surface area (Å²) in [6, 6.07) is 4.46. The van der Waals surface area contributed by atoms with E-state index in [1.165, 1.54) is 23.5 Å². The molecule has 1 aromatic rings. The second-order valence-corrected chi connectivity index (χ2v) is 9.23. The van der Waals surface area contributed by atoms with Gasteiger partial charge in [0.25, 0.3) is 5.91 Å². The van der Waals surface area contributed by atoms with Crippen molar-refractivity contribution < 1.29 is 22.7 Å². The lowest BCUT2D eigenvalue weighted by atomic mass is 10.0. The zero-order valence-electron chi connectivity index (χ0n) is 15.9. The fourth-order valence-corrected chi connectivity index (χ4v) is 5.00. The van der Waals surface area contributed by atoms with E-state index in [2.05, 4.69) is 12.2 Å². The number of methoxy groups -OCH3 is 1. The topological polar surface area (TPSA) is 84.9 Å². The lowest BCUT2D eigenvalue weighted by molar-refractivity contribution is 0.0855. The number of carbonyl (C=O) groups excluding carboxylic acids is 1. The fourth-order valence-electron chi connectivity index (χ4n) is 3.51. The predicted molar refractivity (Wildman–Crippen MR) is 101 cm³/mol. The Hall–Kier alpha value is -1.64. The number of rotatable bonds is 6. The van der Waals surface area contributed by atoms with Crippen molar-refractivity contribution in [3.05, 3.63) is 23.8 Å². The second-order valence-electron chi connectivity index (χ2n) is 7.29. The van der Waals surface area contributed by atoms with Crippen molar-refractivity contribution in [2.45, 2.75) is 43.6 Å². The molecule has 8 heteroatoms. The molecule has 27 heavy (non-hydrogen) atoms. The van der Waals surface area contributed by atoms with E-state index < -0.39 is 10.0 Å². The lowest BCUT2D eigenvalue weighted by Gasteiger charge is -2.29. The maximum Gasteiger partial charge on any atom is 0.255 e. The number of amides is 1. The number of carbonyl (C=O) groups is 1. The van der Waals surface area contributed by atoms with Crippen LogP contribution in [0.25, 0.3) is 0 Å². The third-order valence-corrected chi connectivity index (χ3v) is 7.20. The third-order valence-electron chi connectivity index (χ3n) is 5.31. The van der Waals surface area contributed by atoms with Crippen LogP contribution in [0.3, 0.4) is 0 Å². The highest BCUT2D eigenvalue weighted by molar-refractivity contribution is 7.89. The normalized spacial score (nSPS) is 21.9. The van der Waals surface area contributed by atoms with Crippen molar-refractivity contribution in [2.75, 3.05) is 33.4 Å². The predicted octanol–water partition coefficient (Wildman–Crippen LogP) is 2.02. The molecule has 2 heterocycles. The molecule has 2 aliphatic heterocycles. The molecule has 0 bridgehead atoms. The van der Waals surface area contributed by atoms with E-state index >= 15 is 0 Å². The first kappa shape index (κ1) is 20.1. The van der Waals surface area contributed by atoms with Gasteiger partial charge in [0.2, 0.25) is 10.0 Å². The molecule has 0 radical (unpaired) electrons. The summed E-state index contributed by atoms with van der Waals surface area (Å²) >= 11 is 0. The van der Waals surface area contributed by atoms with Gasteiger partial charge < -0.3 is 14.8 Å². The van der Waals surface area contributed by atoms with Crippen LogP contribution in [-0.2, 0) is 14.8 Å². The van der Waals surface area contributed by atoms with Crippen LogP contribution in [0.5, 0.6) is 5.75 Å². The molecule has 1 amide bonds. The Balaban J connectivity index is 1.78. The van der Waals surface area contributed by atoms with Gasteiger partial charge in [0.15, 0.2) is 0 Å². The summed E-state index contributed by atoms with van der Waals surface area (Å²) in [4.78, 5) is 12.7. The Morgan fingerprint density at radius 2 is 2.04 bits per heavy atom. The van der Waals surface area contributed by atoms with Gasteiger partial charge in [-0.1, -0.05) is 6.92 Å². The highest BCUT2D eigenvalue weighted by Gasteiger charge is 2.29. The van der Waals surface area contributed by atoms with Crippen LogP contribution in [0.1, 0.15) is 43.0 Å². The van der Waals surface area contributed by atoms with Crippen LogP contribution in [0, 0.1) is 5.92 Å². The van der Waals surface area contributed by atoms with E-state index in [1.54, 1.807) is 6.07 Å². The van der Waals surface area contributed by atoms with Crippen molar-refractivity contribution in [2.24, 2.45) is 5.92 Å². The highest BCUT2D eigenvalue weighted by Crippen LogP contribution is 2.27. The summed E-state index contributed by atoms with van der Waals surface area (Å²) in [7, 11) is -2.16. The number of sulfonamides is 1. The maximum absolute atomic E-state index is 13.0. The molecule has 2 saturated heterocycles. The SMILES string of the molecule is COc1ccc(S(=O)(=O)N2CCC(C)CC2)cc1C(=O)NC[C@H]1CCCO1. The number of nitrogens with zero attached hydrogens (tertiary/aromatic N) is 1. The molecule has 0 aromatic heterocycles. The highest BCUT2D eigenvalue weighted by atomic mass is 32.2. The Labute approximate surface area is 161 Å². The van der Waals surface area contributed by atoms with E-state index in [9.17, 15) is 13.2 Å². The summed E-state index contributed by atoms with van der Waals surface area (Å²) in [6.45, 7) is 4.27. The molecule has 0 unspecified atom stereocenters. The van der Waals surface area contributed by atoms with E-state index in [0.29, 0.717) is 37.9 Å². The molecule has 0 saturated carbocycles. The number of benzene rings is 1. The molecule has 2 fully saturated rings. The smallest absolute Gasteiger partial charge is 0.255 e. The van der Waals surface area contributed by atoms with Gasteiger partial charge in [-0.15, -0.1) is 0 Å². The second kappa shape index (κ2) is 8.58. The molecule has 3 rings (SSSR count). The van der Waals surface area contributed by atoms with Crippen molar-refractivity contribution in [3.8, 4) is 5.75 Å². The first-order valence-corrected chi connectivity index (χ1v) is 10.9. The maximum atomic E-state index is 13.0. The molecular weight excluding hydrogens is 368 g/mol. The first-order chi connectivity index (χ1) is 12.9. The van der Waals surface area contributed by atoms with Crippen molar-refractivity contribution in [1.82, 2.24) is 9.62 Å². The van der Waals surface area contributed by atoms with Gasteiger partial charge in [0.05, 0.1) is 23.7 Å². The monoisotopic (exact) mass is 396 g/mol. The minimum Gasteiger partial charge on any atom is -0.496 e. The van der Waals surface area contributed by atoms with Crippen LogP contribution in [-0.4, -0.2) is 58.1 Å². The van der Waals surface area contributed by atoms with Gasteiger partial charge in [0, 0.05) is 26.2 Å². The Morgan fingerprint density at radius 1 is 1.30 bits per heavy atom. The van der Waals surface area contributed by atoms with Crippen LogP contribution < -0.4 is 10.1 Å². The van der Waals surface area contributed by atoms with Crippen LogP contribution in [0.15, 0.2) is 23.1 Å². The summed E-state index contributed by atoms with van der Waals surface area (Å²) in [6.07, 6.45) is 3.63. The van der Waals surface area contributed by atoms with E-state index in [-0.39, 0.29) is 22.5 Å². The molecule has 1 atom stereocenters. The van der Waals surface area contributed by atoms with Crippen LogP contribution in [0.4, 0.5) is 0 Å². The summed E-state index contributed by atoms with van der Waals surface area (Å²) in [5.41, 5.74) is 0.224. The van der Waals surface area contributed by atoms with Gasteiger partial charge in [0.1, 0.15) is 5.75 Å². The van der Waals surface area contributed by atoms with Crippen molar-refractivity contribution in [3.63, 3.8) is 0 Å². The molecule has 0 spiro atoms. The van der Waals surface area contributed by atoms with E-state index in [0.717, 1.165) is 25.7 Å². The zero-order chi connectivity index (χ0) is 19.4. The Bertz CT molecular complexity index is 766. The number of ether oxygens (including phenoxy) is 2. The number of nitrogens with one attached hydrogen (secondary N) is 1. The molecule has 7 nitrogen and oxygen atoms in total. The molecule has 2 aliphatic rings. The molecule has 0 aliphatic carbocycles. The van der Waals surface area contributed by atoms with Gasteiger partial charge in [-0.3, -0.25) is 4.79 Å². The van der Waals surface area contributed by atoms with Crippen LogP contribution >= 0.6 is 0 Å². The van der Waals surface area contributed by atoms with Gasteiger partial charge in [-0.2, -0.15) is 4.31 Å². The number of hydrogen-bond acceptors (Lipinski definition) is 5. The quantitative estimate of drug-likeness (QED) is 0.795. The summed E-state index contributed by atoms with van der Waals surface area (Å²) in [5, 5.41) is 2.83. The first-order valence-electron chi connectivity index (χ1n) is 9.50. The average molecular weight is 397 g/mol. The van der Waals surface area contributed by atoms with E-state index in [4.69, 9.17) is 9.47 Å². The van der Waals surface area contributed by atoms with Crippen molar-refractivity contribution in [1.29, 1.82) is 0 Å². The molecule has 1 aromatic carbocycles. The number of hydrogen-bond donors (Lipinski definition) is 1. The Morgan fingerprint density at radius 3 is 2.67 bits per heavy atom. The molecule has 1 N–H and O–H groups in total. The van der Waals surface area contributed by atoms with Gasteiger partial charge in [-0.25, -0.2) is 8.42 Å². The minimum absolute atomic E-state index is 0.0159. The lowest BCUT2D eigenvalue weighted by Crippen LogP contribution is -2.38. The Kier molecular flexibility index (Phi) is 6.39. The zero-order valence-corrected chi connectivity index (χ0v) is 16.8. The van der Waals surface area contributed by atoms with Crippen LogP contribution in [0.2, 0.25) is 0 Å². The number of piperidine rings is 1. The van der Waals surface area contributed by atoms with Crippen molar-refractivity contribution >= 4 is 15.9 Å².